The first-order valence-electron chi connectivity index (χ1n) is 6.46. The Hall–Kier alpha value is -0.440. The maximum absolute atomic E-state index is 12.7. The topological polar surface area (TPSA) is 20.3 Å². The van der Waals surface area contributed by atoms with Gasteiger partial charge in [-0.1, -0.05) is 42.1 Å². The van der Waals surface area contributed by atoms with Crippen molar-refractivity contribution in [3.8, 4) is 0 Å². The molecule has 0 heterocycles. The van der Waals surface area contributed by atoms with Gasteiger partial charge in [-0.15, -0.1) is 11.6 Å². The van der Waals surface area contributed by atoms with Gasteiger partial charge in [-0.3, -0.25) is 4.79 Å². The first-order chi connectivity index (χ1) is 9.15. The normalized spacial score (nSPS) is 15.7. The fourth-order valence-corrected chi connectivity index (χ4v) is 3.34. The molecule has 104 valence electrons. The molecule has 0 unspecified atom stereocenters. The Morgan fingerprint density at radius 2 is 1.79 bits per heavy atom. The van der Waals surface area contributed by atoms with Crippen molar-refractivity contribution in [2.24, 2.45) is 0 Å². The minimum Gasteiger partial charge on any atom is -0.334 e. The zero-order valence-corrected chi connectivity index (χ0v) is 12.8. The van der Waals surface area contributed by atoms with Crippen LogP contribution in [-0.4, -0.2) is 29.3 Å². The summed E-state index contributed by atoms with van der Waals surface area (Å²) in [6.45, 7) is 0.534. The standard InChI is InChI=1S/C14H16Cl3NO/c15-8-9-18(10-4-1-2-5-10)14(19)13-11(16)6-3-7-12(13)17/h3,6-7,10H,1-2,4-5,8-9H2. The molecule has 5 heteroatoms. The van der Waals surface area contributed by atoms with E-state index in [1.807, 2.05) is 4.90 Å². The number of nitrogens with zero attached hydrogens (tertiary/aromatic N) is 1. The van der Waals surface area contributed by atoms with Crippen LogP contribution >= 0.6 is 34.8 Å². The van der Waals surface area contributed by atoms with E-state index in [0.717, 1.165) is 25.7 Å². The Bertz CT molecular complexity index is 438. The van der Waals surface area contributed by atoms with Gasteiger partial charge < -0.3 is 4.90 Å². The van der Waals surface area contributed by atoms with Crippen molar-refractivity contribution >= 4 is 40.7 Å². The molecule has 1 aromatic rings. The van der Waals surface area contributed by atoms with Crippen molar-refractivity contribution < 1.29 is 4.79 Å². The van der Waals surface area contributed by atoms with Gasteiger partial charge in [0.15, 0.2) is 0 Å². The van der Waals surface area contributed by atoms with E-state index in [1.54, 1.807) is 18.2 Å². The number of carbonyl (C=O) groups is 1. The van der Waals surface area contributed by atoms with E-state index in [0.29, 0.717) is 28.0 Å². The maximum Gasteiger partial charge on any atom is 0.257 e. The van der Waals surface area contributed by atoms with Crippen LogP contribution in [0.4, 0.5) is 0 Å². The second-order valence-electron chi connectivity index (χ2n) is 4.72. The van der Waals surface area contributed by atoms with Crippen LogP contribution in [0.25, 0.3) is 0 Å². The van der Waals surface area contributed by atoms with Crippen molar-refractivity contribution in [1.82, 2.24) is 4.90 Å². The molecule has 1 fully saturated rings. The lowest BCUT2D eigenvalue weighted by molar-refractivity contribution is 0.0695. The van der Waals surface area contributed by atoms with E-state index in [4.69, 9.17) is 34.8 Å². The summed E-state index contributed by atoms with van der Waals surface area (Å²) in [5.74, 6) is 0.313. The van der Waals surface area contributed by atoms with Gasteiger partial charge in [-0.05, 0) is 25.0 Å². The summed E-state index contributed by atoms with van der Waals surface area (Å²) in [5.41, 5.74) is 0.392. The highest BCUT2D eigenvalue weighted by Crippen LogP contribution is 2.30. The molecule has 1 aromatic carbocycles. The summed E-state index contributed by atoms with van der Waals surface area (Å²) in [6, 6.07) is 5.38. The Balaban J connectivity index is 2.28. The Labute approximate surface area is 128 Å². The maximum atomic E-state index is 12.7. The van der Waals surface area contributed by atoms with Crippen LogP contribution in [0, 0.1) is 0 Å². The van der Waals surface area contributed by atoms with E-state index in [9.17, 15) is 4.79 Å². The molecule has 2 nitrogen and oxygen atoms in total. The monoisotopic (exact) mass is 319 g/mol. The largest absolute Gasteiger partial charge is 0.334 e. The lowest BCUT2D eigenvalue weighted by Crippen LogP contribution is -2.40. The van der Waals surface area contributed by atoms with E-state index in [1.165, 1.54) is 0 Å². The molecule has 0 bridgehead atoms. The van der Waals surface area contributed by atoms with E-state index in [2.05, 4.69) is 0 Å². The molecule has 1 saturated carbocycles. The van der Waals surface area contributed by atoms with E-state index >= 15 is 0 Å². The van der Waals surface area contributed by atoms with Crippen molar-refractivity contribution in [2.75, 3.05) is 12.4 Å². The fourth-order valence-electron chi connectivity index (χ4n) is 2.60. The molecular formula is C14H16Cl3NO. The Kier molecular flexibility index (Phi) is 5.37. The summed E-state index contributed by atoms with van der Waals surface area (Å²) in [6.07, 6.45) is 4.38. The van der Waals surface area contributed by atoms with Gasteiger partial charge in [0.2, 0.25) is 0 Å². The highest BCUT2D eigenvalue weighted by molar-refractivity contribution is 6.39. The average molecular weight is 321 g/mol. The number of carbonyl (C=O) groups excluding carboxylic acids is 1. The zero-order chi connectivity index (χ0) is 13.8. The van der Waals surface area contributed by atoms with Crippen LogP contribution in [-0.2, 0) is 0 Å². The zero-order valence-electron chi connectivity index (χ0n) is 10.5. The van der Waals surface area contributed by atoms with Crippen LogP contribution in [0.15, 0.2) is 18.2 Å². The van der Waals surface area contributed by atoms with Gasteiger partial charge in [0.1, 0.15) is 0 Å². The smallest absolute Gasteiger partial charge is 0.257 e. The second-order valence-corrected chi connectivity index (χ2v) is 5.91. The lowest BCUT2D eigenvalue weighted by atomic mass is 10.1. The van der Waals surface area contributed by atoms with Gasteiger partial charge in [0, 0.05) is 18.5 Å². The molecule has 1 aliphatic carbocycles. The van der Waals surface area contributed by atoms with Crippen LogP contribution < -0.4 is 0 Å². The molecule has 2 rings (SSSR count). The van der Waals surface area contributed by atoms with Gasteiger partial charge >= 0.3 is 0 Å². The average Bonchev–Trinajstić information content (AvgIpc) is 2.89. The number of alkyl halides is 1. The molecule has 19 heavy (non-hydrogen) atoms. The molecule has 1 aliphatic rings. The van der Waals surface area contributed by atoms with Crippen LogP contribution in [0.3, 0.4) is 0 Å². The number of amides is 1. The van der Waals surface area contributed by atoms with Gasteiger partial charge in [0.25, 0.3) is 5.91 Å². The highest BCUT2D eigenvalue weighted by Gasteiger charge is 2.29. The molecule has 1 amide bonds. The summed E-state index contributed by atoms with van der Waals surface area (Å²) >= 11 is 18.0. The number of halogens is 3. The molecule has 0 N–H and O–H groups in total. The molecule has 0 atom stereocenters. The third-order valence-electron chi connectivity index (χ3n) is 3.53. The Morgan fingerprint density at radius 1 is 1.21 bits per heavy atom. The van der Waals surface area contributed by atoms with E-state index in [-0.39, 0.29) is 11.9 Å². The lowest BCUT2D eigenvalue weighted by Gasteiger charge is -2.29. The molecule has 0 aliphatic heterocycles. The summed E-state index contributed by atoms with van der Waals surface area (Å²) in [7, 11) is 0. The Morgan fingerprint density at radius 3 is 2.32 bits per heavy atom. The summed E-state index contributed by atoms with van der Waals surface area (Å²) in [5, 5.41) is 0.796. The predicted molar refractivity (Wildman–Crippen MR) is 80.5 cm³/mol. The molecular weight excluding hydrogens is 305 g/mol. The number of benzene rings is 1. The first kappa shape index (κ1) is 15.0. The SMILES string of the molecule is O=C(c1c(Cl)cccc1Cl)N(CCCl)C1CCCC1. The molecule has 0 saturated heterocycles. The minimum absolute atomic E-state index is 0.108. The molecule has 0 radical (unpaired) electrons. The minimum atomic E-state index is -0.108. The van der Waals surface area contributed by atoms with Crippen molar-refractivity contribution in [2.45, 2.75) is 31.7 Å². The van der Waals surface area contributed by atoms with Crippen molar-refractivity contribution in [1.29, 1.82) is 0 Å². The molecule has 0 spiro atoms. The van der Waals surface area contributed by atoms with Gasteiger partial charge in [0.05, 0.1) is 15.6 Å². The van der Waals surface area contributed by atoms with E-state index < -0.39 is 0 Å². The highest BCUT2D eigenvalue weighted by atomic mass is 35.5. The number of hydrogen-bond acceptors (Lipinski definition) is 1. The van der Waals surface area contributed by atoms with Crippen molar-refractivity contribution in [3.05, 3.63) is 33.8 Å². The first-order valence-corrected chi connectivity index (χ1v) is 7.75. The van der Waals surface area contributed by atoms with Crippen molar-refractivity contribution in [3.63, 3.8) is 0 Å². The quantitative estimate of drug-likeness (QED) is 0.741. The second kappa shape index (κ2) is 6.83. The van der Waals surface area contributed by atoms with Gasteiger partial charge in [-0.25, -0.2) is 0 Å². The fraction of sp³-hybridized carbons (Fsp3) is 0.500. The number of rotatable bonds is 4. The van der Waals surface area contributed by atoms with Crippen LogP contribution in [0.1, 0.15) is 36.0 Å². The molecule has 0 aromatic heterocycles. The van der Waals surface area contributed by atoms with Crippen LogP contribution in [0.2, 0.25) is 10.0 Å². The summed E-state index contributed by atoms with van der Waals surface area (Å²) < 4.78 is 0. The third-order valence-corrected chi connectivity index (χ3v) is 4.33. The number of hydrogen-bond donors (Lipinski definition) is 0. The predicted octanol–water partition coefficient (Wildman–Crippen LogP) is 4.62. The van der Waals surface area contributed by atoms with Crippen LogP contribution in [0.5, 0.6) is 0 Å². The third kappa shape index (κ3) is 3.36. The summed E-state index contributed by atoms with van der Waals surface area (Å²) in [4.78, 5) is 14.5. The van der Waals surface area contributed by atoms with Gasteiger partial charge in [-0.2, -0.15) is 0 Å².